The molecule has 1 aromatic rings. The lowest BCUT2D eigenvalue weighted by atomic mass is 9.96. The third-order valence-electron chi connectivity index (χ3n) is 3.57. The van der Waals surface area contributed by atoms with Gasteiger partial charge < -0.3 is 10.0 Å². The number of benzene rings is 1. The minimum absolute atomic E-state index is 0.0291. The maximum atomic E-state index is 12.6. The van der Waals surface area contributed by atoms with Gasteiger partial charge in [-0.1, -0.05) is 6.07 Å². The van der Waals surface area contributed by atoms with E-state index in [0.717, 1.165) is 12.1 Å². The Labute approximate surface area is 119 Å². The Kier molecular flexibility index (Phi) is 4.20. The quantitative estimate of drug-likeness (QED) is 0.913. The molecule has 0 unspecified atom stereocenters. The second-order valence-electron chi connectivity index (χ2n) is 4.98. The summed E-state index contributed by atoms with van der Waals surface area (Å²) in [6.45, 7) is 0.484. The lowest BCUT2D eigenvalue weighted by Crippen LogP contribution is -2.40. The normalized spacial score (nSPS) is 16.8. The van der Waals surface area contributed by atoms with Crippen LogP contribution in [0.25, 0.3) is 0 Å². The highest BCUT2D eigenvalue weighted by atomic mass is 19.4. The van der Waals surface area contributed by atoms with Crippen molar-refractivity contribution < 1.29 is 27.9 Å². The third kappa shape index (κ3) is 3.53. The number of amides is 1. The second-order valence-corrected chi connectivity index (χ2v) is 4.98. The van der Waals surface area contributed by atoms with Crippen LogP contribution in [0.15, 0.2) is 24.3 Å². The Morgan fingerprint density at radius 2 is 1.81 bits per heavy atom. The van der Waals surface area contributed by atoms with Gasteiger partial charge in [-0.15, -0.1) is 0 Å². The van der Waals surface area contributed by atoms with Crippen LogP contribution in [0.3, 0.4) is 0 Å². The average Bonchev–Trinajstić information content (AvgIpc) is 2.46. The summed E-state index contributed by atoms with van der Waals surface area (Å²) >= 11 is 0. The lowest BCUT2D eigenvalue weighted by molar-refractivity contribution is -0.143. The largest absolute Gasteiger partial charge is 0.481 e. The Morgan fingerprint density at radius 3 is 2.33 bits per heavy atom. The average molecular weight is 301 g/mol. The molecule has 1 amide bonds. The van der Waals surface area contributed by atoms with E-state index in [1.807, 2.05) is 0 Å². The van der Waals surface area contributed by atoms with Crippen LogP contribution in [0.1, 0.15) is 28.8 Å². The summed E-state index contributed by atoms with van der Waals surface area (Å²) in [6.07, 6.45) is -3.85. The Bertz CT molecular complexity index is 549. The molecule has 0 aromatic heterocycles. The number of carboxylic acid groups (broad SMARTS) is 1. The van der Waals surface area contributed by atoms with Gasteiger partial charge in [-0.05, 0) is 31.0 Å². The molecule has 0 spiro atoms. The van der Waals surface area contributed by atoms with E-state index in [-0.39, 0.29) is 18.7 Å². The van der Waals surface area contributed by atoms with Crippen LogP contribution in [0, 0.1) is 5.92 Å². The number of carboxylic acids is 1. The van der Waals surface area contributed by atoms with Crippen LogP contribution < -0.4 is 0 Å². The number of piperidine rings is 1. The van der Waals surface area contributed by atoms with Crippen molar-refractivity contribution in [2.75, 3.05) is 13.1 Å². The van der Waals surface area contributed by atoms with E-state index in [1.165, 1.54) is 17.0 Å². The van der Waals surface area contributed by atoms with Gasteiger partial charge in [0.15, 0.2) is 0 Å². The Hall–Kier alpha value is -2.05. The van der Waals surface area contributed by atoms with Gasteiger partial charge in [-0.25, -0.2) is 0 Å². The first kappa shape index (κ1) is 15.3. The van der Waals surface area contributed by atoms with Crippen molar-refractivity contribution in [3.05, 3.63) is 35.4 Å². The maximum Gasteiger partial charge on any atom is 0.416 e. The van der Waals surface area contributed by atoms with Gasteiger partial charge in [0.2, 0.25) is 0 Å². The molecule has 0 aliphatic carbocycles. The summed E-state index contributed by atoms with van der Waals surface area (Å²) in [6, 6.07) is 4.26. The first-order valence-electron chi connectivity index (χ1n) is 6.48. The molecule has 7 heteroatoms. The van der Waals surface area contributed by atoms with Crippen molar-refractivity contribution >= 4 is 11.9 Å². The van der Waals surface area contributed by atoms with Crippen molar-refractivity contribution in [3.63, 3.8) is 0 Å². The molecule has 1 aliphatic rings. The molecule has 0 bridgehead atoms. The zero-order valence-electron chi connectivity index (χ0n) is 11.1. The smallest absolute Gasteiger partial charge is 0.416 e. The Morgan fingerprint density at radius 1 is 1.19 bits per heavy atom. The van der Waals surface area contributed by atoms with E-state index >= 15 is 0 Å². The summed E-state index contributed by atoms with van der Waals surface area (Å²) in [5.74, 6) is -1.89. The van der Waals surface area contributed by atoms with Gasteiger partial charge in [0.1, 0.15) is 0 Å². The molecule has 4 nitrogen and oxygen atoms in total. The van der Waals surface area contributed by atoms with Crippen molar-refractivity contribution in [2.45, 2.75) is 19.0 Å². The van der Waals surface area contributed by atoms with Crippen LogP contribution in [-0.4, -0.2) is 35.0 Å². The fraction of sp³-hybridized carbons (Fsp3) is 0.429. The third-order valence-corrected chi connectivity index (χ3v) is 3.57. The zero-order valence-corrected chi connectivity index (χ0v) is 11.1. The van der Waals surface area contributed by atoms with E-state index in [0.29, 0.717) is 12.8 Å². The first-order chi connectivity index (χ1) is 9.79. The molecule has 1 saturated heterocycles. The molecule has 2 rings (SSSR count). The summed E-state index contributed by atoms with van der Waals surface area (Å²) in [5, 5.41) is 8.88. The number of nitrogens with zero attached hydrogens (tertiary/aromatic N) is 1. The van der Waals surface area contributed by atoms with Gasteiger partial charge in [-0.2, -0.15) is 13.2 Å². The van der Waals surface area contributed by atoms with E-state index in [1.54, 1.807) is 0 Å². The van der Waals surface area contributed by atoms with Gasteiger partial charge in [0.05, 0.1) is 11.5 Å². The van der Waals surface area contributed by atoms with E-state index in [9.17, 15) is 22.8 Å². The summed E-state index contributed by atoms with van der Waals surface area (Å²) in [5.41, 5.74) is -0.896. The molecule has 114 valence electrons. The van der Waals surface area contributed by atoms with Gasteiger partial charge >= 0.3 is 12.1 Å². The number of hydrogen-bond donors (Lipinski definition) is 1. The van der Waals surface area contributed by atoms with Crippen LogP contribution in [0.5, 0.6) is 0 Å². The van der Waals surface area contributed by atoms with Gasteiger partial charge in [0.25, 0.3) is 5.91 Å². The molecule has 0 radical (unpaired) electrons. The van der Waals surface area contributed by atoms with Gasteiger partial charge in [0, 0.05) is 18.7 Å². The van der Waals surface area contributed by atoms with Crippen LogP contribution in [-0.2, 0) is 11.0 Å². The summed E-state index contributed by atoms with van der Waals surface area (Å²) < 4.78 is 37.9. The highest BCUT2D eigenvalue weighted by Gasteiger charge is 2.32. The topological polar surface area (TPSA) is 57.6 Å². The molecular weight excluding hydrogens is 287 g/mol. The minimum Gasteiger partial charge on any atom is -0.481 e. The molecule has 1 heterocycles. The molecule has 1 aliphatic heterocycles. The fourth-order valence-corrected chi connectivity index (χ4v) is 2.34. The molecule has 1 fully saturated rings. The van der Waals surface area contributed by atoms with Crippen molar-refractivity contribution in [1.29, 1.82) is 0 Å². The fourth-order valence-electron chi connectivity index (χ4n) is 2.34. The Balaban J connectivity index is 2.09. The number of carbonyl (C=O) groups excluding carboxylic acids is 1. The predicted molar refractivity (Wildman–Crippen MR) is 67.7 cm³/mol. The highest BCUT2D eigenvalue weighted by Crippen LogP contribution is 2.30. The van der Waals surface area contributed by atoms with Crippen molar-refractivity contribution in [1.82, 2.24) is 4.90 Å². The van der Waals surface area contributed by atoms with E-state index in [4.69, 9.17) is 5.11 Å². The highest BCUT2D eigenvalue weighted by molar-refractivity contribution is 5.94. The molecule has 0 saturated carbocycles. The van der Waals surface area contributed by atoms with Crippen LogP contribution in [0.2, 0.25) is 0 Å². The van der Waals surface area contributed by atoms with Gasteiger partial charge in [-0.3, -0.25) is 9.59 Å². The number of alkyl halides is 3. The van der Waals surface area contributed by atoms with E-state index in [2.05, 4.69) is 0 Å². The number of likely N-dealkylation sites (tertiary alicyclic amines) is 1. The zero-order chi connectivity index (χ0) is 15.6. The predicted octanol–water partition coefficient (Wildman–Crippen LogP) is 2.64. The molecule has 1 aromatic carbocycles. The monoisotopic (exact) mass is 301 g/mol. The van der Waals surface area contributed by atoms with Crippen molar-refractivity contribution in [2.24, 2.45) is 5.92 Å². The minimum atomic E-state index is -4.49. The molecule has 1 N–H and O–H groups in total. The second kappa shape index (κ2) is 5.75. The SMILES string of the molecule is O=C(O)C1CCN(C(=O)c2cccc(C(F)(F)F)c2)CC1. The number of aliphatic carboxylic acids is 1. The first-order valence-corrected chi connectivity index (χ1v) is 6.48. The standard InChI is InChI=1S/C14H14F3NO3/c15-14(16,17)11-3-1-2-10(8-11)12(19)18-6-4-9(5-7-18)13(20)21/h1-3,8-9H,4-7H2,(H,20,21). The maximum absolute atomic E-state index is 12.6. The van der Waals surface area contributed by atoms with Crippen molar-refractivity contribution in [3.8, 4) is 0 Å². The lowest BCUT2D eigenvalue weighted by Gasteiger charge is -2.30. The summed E-state index contributed by atoms with van der Waals surface area (Å²) in [4.78, 5) is 24.4. The number of rotatable bonds is 2. The number of hydrogen-bond acceptors (Lipinski definition) is 2. The summed E-state index contributed by atoms with van der Waals surface area (Å²) in [7, 11) is 0. The number of halogens is 3. The molecule has 21 heavy (non-hydrogen) atoms. The molecule has 0 atom stereocenters. The van der Waals surface area contributed by atoms with Crippen LogP contribution >= 0.6 is 0 Å². The molecular formula is C14H14F3NO3. The van der Waals surface area contributed by atoms with E-state index < -0.39 is 29.5 Å². The number of carbonyl (C=O) groups is 2. The van der Waals surface area contributed by atoms with Crippen LogP contribution in [0.4, 0.5) is 13.2 Å².